The molecule has 1 aromatic heterocycles. The standard InChI is InChI=1S/C13H20N4O2/c1-8-9(2-3-19-8)5-15-13(18)11-4-10-12(6-14-11)17-7-16-10/h7-9,11,14H,2-6H2,1H3,(H,15,18)(H,16,17). The lowest BCUT2D eigenvalue weighted by Gasteiger charge is -2.23. The first-order valence-corrected chi connectivity index (χ1v) is 6.88. The molecule has 3 N–H and O–H groups in total. The zero-order valence-corrected chi connectivity index (χ0v) is 11.1. The lowest BCUT2D eigenvalue weighted by Crippen LogP contribution is -2.49. The van der Waals surface area contributed by atoms with Crippen molar-refractivity contribution in [3.05, 3.63) is 17.7 Å². The van der Waals surface area contributed by atoms with E-state index in [1.54, 1.807) is 6.33 Å². The van der Waals surface area contributed by atoms with Gasteiger partial charge in [0.25, 0.3) is 0 Å². The summed E-state index contributed by atoms with van der Waals surface area (Å²) in [5.74, 6) is 0.501. The Balaban J connectivity index is 1.51. The minimum atomic E-state index is -0.173. The fraction of sp³-hybridized carbons (Fsp3) is 0.692. The highest BCUT2D eigenvalue weighted by molar-refractivity contribution is 5.82. The minimum Gasteiger partial charge on any atom is -0.378 e. The topological polar surface area (TPSA) is 79.0 Å². The van der Waals surface area contributed by atoms with Crippen molar-refractivity contribution < 1.29 is 9.53 Å². The molecule has 1 aromatic rings. The van der Waals surface area contributed by atoms with E-state index in [0.717, 1.165) is 24.4 Å². The van der Waals surface area contributed by atoms with Gasteiger partial charge in [0.1, 0.15) is 0 Å². The van der Waals surface area contributed by atoms with Crippen molar-refractivity contribution in [3.63, 3.8) is 0 Å². The highest BCUT2D eigenvalue weighted by Crippen LogP contribution is 2.19. The third-order valence-corrected chi connectivity index (χ3v) is 4.12. The van der Waals surface area contributed by atoms with Gasteiger partial charge in [-0.25, -0.2) is 4.98 Å². The summed E-state index contributed by atoms with van der Waals surface area (Å²) in [4.78, 5) is 19.5. The van der Waals surface area contributed by atoms with Crippen LogP contribution < -0.4 is 10.6 Å². The summed E-state index contributed by atoms with van der Waals surface area (Å²) in [6.07, 6.45) is 3.62. The maximum Gasteiger partial charge on any atom is 0.237 e. The Morgan fingerprint density at radius 1 is 1.63 bits per heavy atom. The number of ether oxygens (including phenoxy) is 1. The van der Waals surface area contributed by atoms with Crippen LogP contribution in [0.4, 0.5) is 0 Å². The highest BCUT2D eigenvalue weighted by atomic mass is 16.5. The predicted octanol–water partition coefficient (Wildman–Crippen LogP) is -0.0348. The second kappa shape index (κ2) is 5.30. The van der Waals surface area contributed by atoms with Crippen molar-refractivity contribution >= 4 is 5.91 Å². The minimum absolute atomic E-state index is 0.0627. The molecular formula is C13H20N4O2. The van der Waals surface area contributed by atoms with Crippen LogP contribution in [0.25, 0.3) is 0 Å². The molecule has 104 valence electrons. The van der Waals surface area contributed by atoms with Gasteiger partial charge in [0.15, 0.2) is 0 Å². The van der Waals surface area contributed by atoms with Gasteiger partial charge in [-0.15, -0.1) is 0 Å². The molecule has 1 amide bonds. The largest absolute Gasteiger partial charge is 0.378 e. The fourth-order valence-corrected chi connectivity index (χ4v) is 2.75. The third kappa shape index (κ3) is 2.64. The molecule has 0 spiro atoms. The Hall–Kier alpha value is -1.40. The van der Waals surface area contributed by atoms with Gasteiger partial charge in [0.05, 0.1) is 29.9 Å². The number of rotatable bonds is 3. The quantitative estimate of drug-likeness (QED) is 0.716. The van der Waals surface area contributed by atoms with Crippen molar-refractivity contribution in [1.82, 2.24) is 20.6 Å². The van der Waals surface area contributed by atoms with Crippen LogP contribution in [0.1, 0.15) is 24.7 Å². The van der Waals surface area contributed by atoms with E-state index in [0.29, 0.717) is 25.4 Å². The Morgan fingerprint density at radius 3 is 3.32 bits per heavy atom. The van der Waals surface area contributed by atoms with E-state index in [-0.39, 0.29) is 18.1 Å². The molecule has 0 aromatic carbocycles. The van der Waals surface area contributed by atoms with E-state index in [4.69, 9.17) is 4.74 Å². The van der Waals surface area contributed by atoms with Gasteiger partial charge in [-0.1, -0.05) is 0 Å². The van der Waals surface area contributed by atoms with E-state index >= 15 is 0 Å². The monoisotopic (exact) mass is 264 g/mol. The number of hydrogen-bond acceptors (Lipinski definition) is 4. The molecule has 3 heterocycles. The van der Waals surface area contributed by atoms with E-state index in [1.807, 2.05) is 0 Å². The van der Waals surface area contributed by atoms with Crippen LogP contribution in [0.15, 0.2) is 6.33 Å². The van der Waals surface area contributed by atoms with Crippen molar-refractivity contribution in [2.75, 3.05) is 13.2 Å². The summed E-state index contributed by atoms with van der Waals surface area (Å²) < 4.78 is 5.50. The summed E-state index contributed by atoms with van der Waals surface area (Å²) in [5.41, 5.74) is 2.08. The first-order valence-electron chi connectivity index (χ1n) is 6.88. The Labute approximate surface area is 112 Å². The van der Waals surface area contributed by atoms with Gasteiger partial charge in [0, 0.05) is 32.0 Å². The van der Waals surface area contributed by atoms with Crippen LogP contribution in [0, 0.1) is 5.92 Å². The van der Waals surface area contributed by atoms with Crippen LogP contribution in [0.2, 0.25) is 0 Å². The van der Waals surface area contributed by atoms with Crippen LogP contribution in [0.5, 0.6) is 0 Å². The van der Waals surface area contributed by atoms with Crippen LogP contribution >= 0.6 is 0 Å². The van der Waals surface area contributed by atoms with Crippen molar-refractivity contribution in [2.45, 2.75) is 38.5 Å². The predicted molar refractivity (Wildman–Crippen MR) is 69.5 cm³/mol. The van der Waals surface area contributed by atoms with Crippen LogP contribution in [0.3, 0.4) is 0 Å². The summed E-state index contributed by atoms with van der Waals surface area (Å²) in [5, 5.41) is 6.26. The van der Waals surface area contributed by atoms with Gasteiger partial charge in [-0.2, -0.15) is 0 Å². The summed E-state index contributed by atoms with van der Waals surface area (Å²) >= 11 is 0. The number of amides is 1. The SMILES string of the molecule is CC1OCCC1CNC(=O)C1Cc2nc[nH]c2CN1. The third-order valence-electron chi connectivity index (χ3n) is 4.12. The second-order valence-corrected chi connectivity index (χ2v) is 5.34. The van der Waals surface area contributed by atoms with E-state index in [9.17, 15) is 4.79 Å². The van der Waals surface area contributed by atoms with Crippen molar-refractivity contribution in [2.24, 2.45) is 5.92 Å². The van der Waals surface area contributed by atoms with Gasteiger partial charge in [-0.05, 0) is 13.3 Å². The number of aromatic nitrogens is 2. The average molecular weight is 264 g/mol. The number of aromatic amines is 1. The molecule has 0 radical (unpaired) electrons. The average Bonchev–Trinajstić information content (AvgIpc) is 3.03. The Kier molecular flexibility index (Phi) is 3.52. The number of fused-ring (bicyclic) bond motifs is 1. The van der Waals surface area contributed by atoms with Crippen molar-refractivity contribution in [1.29, 1.82) is 0 Å². The smallest absolute Gasteiger partial charge is 0.237 e. The first-order chi connectivity index (χ1) is 9.24. The molecule has 3 rings (SSSR count). The number of carbonyl (C=O) groups is 1. The van der Waals surface area contributed by atoms with E-state index in [2.05, 4.69) is 27.5 Å². The van der Waals surface area contributed by atoms with E-state index < -0.39 is 0 Å². The molecule has 0 aliphatic carbocycles. The summed E-state index contributed by atoms with van der Waals surface area (Å²) in [6, 6.07) is -0.173. The van der Waals surface area contributed by atoms with E-state index in [1.165, 1.54) is 0 Å². The molecule has 19 heavy (non-hydrogen) atoms. The maximum absolute atomic E-state index is 12.1. The molecule has 6 nitrogen and oxygen atoms in total. The van der Waals surface area contributed by atoms with Crippen LogP contribution in [-0.4, -0.2) is 41.2 Å². The molecule has 0 bridgehead atoms. The molecule has 1 saturated heterocycles. The molecule has 0 saturated carbocycles. The lowest BCUT2D eigenvalue weighted by molar-refractivity contribution is -0.123. The van der Waals surface area contributed by atoms with Gasteiger partial charge < -0.3 is 15.0 Å². The Bertz CT molecular complexity index is 459. The number of nitrogens with zero attached hydrogens (tertiary/aromatic N) is 1. The molecule has 6 heteroatoms. The van der Waals surface area contributed by atoms with Gasteiger partial charge in [-0.3, -0.25) is 10.1 Å². The molecule has 2 aliphatic rings. The molecule has 1 fully saturated rings. The van der Waals surface area contributed by atoms with Gasteiger partial charge in [0.2, 0.25) is 5.91 Å². The maximum atomic E-state index is 12.1. The number of hydrogen-bond donors (Lipinski definition) is 3. The normalized spacial score (nSPS) is 30.1. The summed E-state index contributed by atoms with van der Waals surface area (Å²) in [7, 11) is 0. The number of H-pyrrole nitrogens is 1. The molecule has 3 atom stereocenters. The van der Waals surface area contributed by atoms with Gasteiger partial charge >= 0.3 is 0 Å². The molecule has 3 unspecified atom stereocenters. The zero-order valence-electron chi connectivity index (χ0n) is 11.1. The van der Waals surface area contributed by atoms with Crippen LogP contribution in [-0.2, 0) is 22.5 Å². The lowest BCUT2D eigenvalue weighted by atomic mass is 10.0. The first kappa shape index (κ1) is 12.6. The zero-order chi connectivity index (χ0) is 13.2. The molecular weight excluding hydrogens is 244 g/mol. The number of imidazole rings is 1. The Morgan fingerprint density at radius 2 is 2.53 bits per heavy atom. The molecule has 2 aliphatic heterocycles. The fourth-order valence-electron chi connectivity index (χ4n) is 2.75. The number of carbonyl (C=O) groups excluding carboxylic acids is 1. The van der Waals surface area contributed by atoms with Crippen molar-refractivity contribution in [3.8, 4) is 0 Å². The number of nitrogens with one attached hydrogen (secondary N) is 3. The second-order valence-electron chi connectivity index (χ2n) is 5.34. The highest BCUT2D eigenvalue weighted by Gasteiger charge is 2.28. The summed E-state index contributed by atoms with van der Waals surface area (Å²) in [6.45, 7) is 4.25.